The predicted molar refractivity (Wildman–Crippen MR) is 87.8 cm³/mol. The molecule has 1 fully saturated rings. The van der Waals surface area contributed by atoms with Crippen LogP contribution < -0.4 is 10.6 Å². The number of hydrogen-bond donors (Lipinski definition) is 1. The normalized spacial score (nSPS) is 17.1. The minimum Gasteiger partial charge on any atom is -0.383 e. The summed E-state index contributed by atoms with van der Waals surface area (Å²) in [5.74, 6) is 1.73. The number of nitrogens with zero attached hydrogens (tertiary/aromatic N) is 4. The first-order valence-corrected chi connectivity index (χ1v) is 7.76. The number of halogens is 1. The summed E-state index contributed by atoms with van der Waals surface area (Å²) in [7, 11) is 2.15. The Morgan fingerprint density at radius 3 is 2.86 bits per heavy atom. The first-order chi connectivity index (χ1) is 10.2. The molecule has 0 saturated carbocycles. The lowest BCUT2D eigenvalue weighted by Crippen LogP contribution is -2.30. The lowest BCUT2D eigenvalue weighted by molar-refractivity contribution is 0.360. The van der Waals surface area contributed by atoms with Gasteiger partial charge >= 0.3 is 0 Å². The third-order valence-corrected chi connectivity index (χ3v) is 4.24. The number of fused-ring (bicyclic) bond motifs is 1. The molecule has 6 heteroatoms. The van der Waals surface area contributed by atoms with Gasteiger partial charge in [0.2, 0.25) is 5.95 Å². The van der Waals surface area contributed by atoms with E-state index in [-0.39, 0.29) is 0 Å². The fourth-order valence-corrected chi connectivity index (χ4v) is 2.82. The van der Waals surface area contributed by atoms with E-state index in [4.69, 9.17) is 17.3 Å². The maximum absolute atomic E-state index is 6.12. The topological polar surface area (TPSA) is 58.3 Å². The number of alkyl halides is 1. The van der Waals surface area contributed by atoms with E-state index in [0.717, 1.165) is 55.0 Å². The van der Waals surface area contributed by atoms with E-state index in [1.54, 1.807) is 0 Å². The summed E-state index contributed by atoms with van der Waals surface area (Å²) in [6, 6.07) is 5.93. The van der Waals surface area contributed by atoms with E-state index >= 15 is 0 Å². The molecule has 2 heterocycles. The van der Waals surface area contributed by atoms with Crippen molar-refractivity contribution < 1.29 is 0 Å². The Labute approximate surface area is 129 Å². The highest BCUT2D eigenvalue weighted by Gasteiger charge is 2.16. The summed E-state index contributed by atoms with van der Waals surface area (Å²) >= 11 is 5.87. The molecular formula is C15H20ClN5. The predicted octanol–water partition coefficient (Wildman–Crippen LogP) is 2.09. The van der Waals surface area contributed by atoms with Crippen LogP contribution in [0.3, 0.4) is 0 Å². The molecular weight excluding hydrogens is 286 g/mol. The number of anilines is 2. The van der Waals surface area contributed by atoms with E-state index < -0.39 is 0 Å². The van der Waals surface area contributed by atoms with Crippen molar-refractivity contribution in [1.29, 1.82) is 0 Å². The van der Waals surface area contributed by atoms with Gasteiger partial charge in [-0.3, -0.25) is 0 Å². The monoisotopic (exact) mass is 305 g/mol. The van der Waals surface area contributed by atoms with Crippen LogP contribution in [-0.2, 0) is 5.88 Å². The van der Waals surface area contributed by atoms with E-state index in [1.807, 2.05) is 18.2 Å². The molecule has 5 nitrogen and oxygen atoms in total. The number of nitrogen functional groups attached to an aromatic ring is 1. The second-order valence-electron chi connectivity index (χ2n) is 5.54. The first kappa shape index (κ1) is 14.4. The van der Waals surface area contributed by atoms with Gasteiger partial charge in [0.05, 0.1) is 5.52 Å². The number of benzene rings is 1. The van der Waals surface area contributed by atoms with Crippen LogP contribution in [-0.4, -0.2) is 48.1 Å². The molecule has 0 atom stereocenters. The zero-order valence-electron chi connectivity index (χ0n) is 12.2. The van der Waals surface area contributed by atoms with Gasteiger partial charge in [-0.15, -0.1) is 11.6 Å². The van der Waals surface area contributed by atoms with Crippen LogP contribution >= 0.6 is 11.6 Å². The summed E-state index contributed by atoms with van der Waals surface area (Å²) in [6.07, 6.45) is 1.11. The van der Waals surface area contributed by atoms with Crippen molar-refractivity contribution >= 4 is 34.3 Å². The van der Waals surface area contributed by atoms with Gasteiger partial charge in [-0.05, 0) is 37.7 Å². The fourth-order valence-electron chi connectivity index (χ4n) is 2.66. The number of rotatable bonds is 2. The van der Waals surface area contributed by atoms with Crippen molar-refractivity contribution in [2.45, 2.75) is 12.3 Å². The van der Waals surface area contributed by atoms with E-state index in [2.05, 4.69) is 26.8 Å². The van der Waals surface area contributed by atoms with Crippen LogP contribution in [0, 0.1) is 0 Å². The minimum absolute atomic E-state index is 0.468. The van der Waals surface area contributed by atoms with Crippen LogP contribution in [0.15, 0.2) is 18.2 Å². The van der Waals surface area contributed by atoms with Crippen molar-refractivity contribution in [3.8, 4) is 0 Å². The van der Waals surface area contributed by atoms with E-state index in [1.165, 1.54) is 0 Å². The zero-order chi connectivity index (χ0) is 14.8. The van der Waals surface area contributed by atoms with Gasteiger partial charge in [-0.1, -0.05) is 6.07 Å². The van der Waals surface area contributed by atoms with Crippen molar-refractivity contribution in [1.82, 2.24) is 14.9 Å². The van der Waals surface area contributed by atoms with Gasteiger partial charge < -0.3 is 15.5 Å². The van der Waals surface area contributed by atoms with Gasteiger partial charge in [-0.25, -0.2) is 4.98 Å². The molecule has 0 amide bonds. The van der Waals surface area contributed by atoms with Gasteiger partial charge in [0.1, 0.15) is 5.82 Å². The molecule has 1 saturated heterocycles. The fraction of sp³-hybridized carbons (Fsp3) is 0.467. The number of aromatic nitrogens is 2. The number of likely N-dealkylation sites (N-methyl/N-ethyl adjacent to an activating group) is 1. The van der Waals surface area contributed by atoms with E-state index in [9.17, 15) is 0 Å². The largest absolute Gasteiger partial charge is 0.383 e. The molecule has 1 aromatic carbocycles. The first-order valence-electron chi connectivity index (χ1n) is 7.23. The Morgan fingerprint density at radius 2 is 2.05 bits per heavy atom. The molecule has 2 aromatic rings. The molecule has 0 radical (unpaired) electrons. The van der Waals surface area contributed by atoms with E-state index in [0.29, 0.717) is 11.7 Å². The minimum atomic E-state index is 0.468. The molecule has 1 aliphatic rings. The smallest absolute Gasteiger partial charge is 0.227 e. The van der Waals surface area contributed by atoms with Gasteiger partial charge in [0.25, 0.3) is 0 Å². The van der Waals surface area contributed by atoms with Gasteiger partial charge in [-0.2, -0.15) is 4.98 Å². The Balaban J connectivity index is 1.96. The standard InChI is InChI=1S/C15H20ClN5/c1-20-5-2-6-21(8-7-20)15-18-13-4-3-11(10-16)9-12(13)14(17)19-15/h3-4,9H,2,5-8,10H2,1H3,(H2,17,18,19). The molecule has 0 aliphatic carbocycles. The summed E-state index contributed by atoms with van der Waals surface area (Å²) in [5.41, 5.74) is 8.03. The van der Waals surface area contributed by atoms with Crippen molar-refractivity contribution in [2.24, 2.45) is 0 Å². The van der Waals surface area contributed by atoms with Crippen LogP contribution in [0.25, 0.3) is 10.9 Å². The van der Waals surface area contributed by atoms with Crippen LogP contribution in [0.1, 0.15) is 12.0 Å². The van der Waals surface area contributed by atoms with Crippen LogP contribution in [0.2, 0.25) is 0 Å². The molecule has 21 heavy (non-hydrogen) atoms. The maximum atomic E-state index is 6.12. The second-order valence-corrected chi connectivity index (χ2v) is 5.81. The van der Waals surface area contributed by atoms with Crippen LogP contribution in [0.4, 0.5) is 11.8 Å². The summed E-state index contributed by atoms with van der Waals surface area (Å²) in [6.45, 7) is 4.03. The van der Waals surface area contributed by atoms with Gasteiger partial charge in [0, 0.05) is 30.9 Å². The highest BCUT2D eigenvalue weighted by atomic mass is 35.5. The third kappa shape index (κ3) is 3.04. The average Bonchev–Trinajstić information content (AvgIpc) is 2.71. The number of hydrogen-bond acceptors (Lipinski definition) is 5. The lowest BCUT2D eigenvalue weighted by Gasteiger charge is -2.21. The SMILES string of the molecule is CN1CCCN(c2nc(N)c3cc(CCl)ccc3n2)CC1. The lowest BCUT2D eigenvalue weighted by atomic mass is 10.1. The molecule has 0 spiro atoms. The van der Waals surface area contributed by atoms with Crippen molar-refractivity contribution in [2.75, 3.05) is 43.9 Å². The Bertz CT molecular complexity index is 645. The Hall–Kier alpha value is -1.59. The molecule has 0 bridgehead atoms. The maximum Gasteiger partial charge on any atom is 0.227 e. The summed E-state index contributed by atoms with van der Waals surface area (Å²) in [4.78, 5) is 13.7. The summed E-state index contributed by atoms with van der Waals surface area (Å²) in [5, 5.41) is 0.879. The third-order valence-electron chi connectivity index (χ3n) is 3.93. The zero-order valence-corrected chi connectivity index (χ0v) is 13.0. The molecule has 112 valence electrons. The Kier molecular flexibility index (Phi) is 4.12. The molecule has 1 aliphatic heterocycles. The average molecular weight is 306 g/mol. The highest BCUT2D eigenvalue weighted by Crippen LogP contribution is 2.23. The Morgan fingerprint density at radius 1 is 1.19 bits per heavy atom. The molecule has 2 N–H and O–H groups in total. The van der Waals surface area contributed by atoms with Gasteiger partial charge in [0.15, 0.2) is 0 Å². The molecule has 1 aromatic heterocycles. The summed E-state index contributed by atoms with van der Waals surface area (Å²) < 4.78 is 0. The molecule has 3 rings (SSSR count). The van der Waals surface area contributed by atoms with Crippen molar-refractivity contribution in [3.63, 3.8) is 0 Å². The van der Waals surface area contributed by atoms with Crippen LogP contribution in [0.5, 0.6) is 0 Å². The highest BCUT2D eigenvalue weighted by molar-refractivity contribution is 6.17. The van der Waals surface area contributed by atoms with Crippen molar-refractivity contribution in [3.05, 3.63) is 23.8 Å². The molecule has 0 unspecified atom stereocenters. The quantitative estimate of drug-likeness (QED) is 0.861. The second kappa shape index (κ2) is 6.03. The number of nitrogens with two attached hydrogens (primary N) is 1.